The van der Waals surface area contributed by atoms with E-state index in [1.807, 2.05) is 25.9 Å². The van der Waals surface area contributed by atoms with E-state index in [2.05, 4.69) is 0 Å². The van der Waals surface area contributed by atoms with Crippen LogP contribution in [0, 0.1) is 0 Å². The Balaban J connectivity index is 1.10. The Kier molecular flexibility index (Phi) is 11.1. The summed E-state index contributed by atoms with van der Waals surface area (Å²) in [5.74, 6) is -3.06. The summed E-state index contributed by atoms with van der Waals surface area (Å²) in [4.78, 5) is 29.4. The molecule has 13 atom stereocenters. The van der Waals surface area contributed by atoms with E-state index in [1.54, 1.807) is 20.8 Å². The highest BCUT2D eigenvalue weighted by Gasteiger charge is 2.49. The minimum Gasteiger partial charge on any atom is -0.507 e. The van der Waals surface area contributed by atoms with Gasteiger partial charge in [0.25, 0.3) is 0 Å². The lowest BCUT2D eigenvalue weighted by molar-refractivity contribution is -0.328. The van der Waals surface area contributed by atoms with Gasteiger partial charge in [0.05, 0.1) is 58.9 Å². The maximum Gasteiger partial charge on any atom is 0.202 e. The van der Waals surface area contributed by atoms with Gasteiger partial charge in [0, 0.05) is 54.8 Å². The predicted molar refractivity (Wildman–Crippen MR) is 193 cm³/mol. The Morgan fingerprint density at radius 3 is 2.07 bits per heavy atom. The van der Waals surface area contributed by atoms with Crippen molar-refractivity contribution < 1.29 is 68.6 Å². The van der Waals surface area contributed by atoms with Crippen LogP contribution in [-0.4, -0.2) is 134 Å². The number of benzene rings is 2. The van der Waals surface area contributed by atoms with E-state index < -0.39 is 102 Å². The summed E-state index contributed by atoms with van der Waals surface area (Å²) in [5.41, 5.74) is -2.39. The van der Waals surface area contributed by atoms with Crippen LogP contribution in [0.1, 0.15) is 115 Å². The molecule has 3 fully saturated rings. The highest BCUT2D eigenvalue weighted by molar-refractivity contribution is 6.31. The second kappa shape index (κ2) is 15.3. The normalized spacial score (nSPS) is 37.7. The van der Waals surface area contributed by atoms with Crippen molar-refractivity contribution in [3.63, 3.8) is 0 Å². The molecule has 3 saturated heterocycles. The van der Waals surface area contributed by atoms with E-state index in [0.717, 1.165) is 0 Å². The Morgan fingerprint density at radius 1 is 0.782 bits per heavy atom. The standard InChI is InChI=1S/C40H53NO14/c1-7-40(49)15-21-31(37(48)33-32(35(21)46)34(45)20-9-8-10-24(43)30(20)36(33)47)26(16-40)53-28-13-22(41(5)6)38(18(3)51-28)55-29-14-25(44)39(19(4)52-29)54-27-12-11-23(42)17(2)50-27/h8-10,17-19,22-23,25-29,38-39,42-44,46,48-49H,7,11-16H2,1-6H3/t17?,18?,19?,22?,23?,25?,26-,27?,28?,29?,38?,39?,40-/m0/s1. The van der Waals surface area contributed by atoms with Gasteiger partial charge in [0.15, 0.2) is 24.7 Å². The molecular weight excluding hydrogens is 718 g/mol. The van der Waals surface area contributed by atoms with Crippen molar-refractivity contribution in [1.82, 2.24) is 4.90 Å². The van der Waals surface area contributed by atoms with Crippen molar-refractivity contribution in [1.29, 1.82) is 0 Å². The molecule has 55 heavy (non-hydrogen) atoms. The van der Waals surface area contributed by atoms with Crippen LogP contribution >= 0.6 is 0 Å². The first-order valence-corrected chi connectivity index (χ1v) is 19.2. The summed E-state index contributed by atoms with van der Waals surface area (Å²) < 4.78 is 37.5. The molecule has 15 nitrogen and oxygen atoms in total. The van der Waals surface area contributed by atoms with Crippen LogP contribution in [0.4, 0.5) is 0 Å². The first-order chi connectivity index (χ1) is 26.0. The Labute approximate surface area is 319 Å². The largest absolute Gasteiger partial charge is 0.507 e. The van der Waals surface area contributed by atoms with Gasteiger partial charge in [-0.15, -0.1) is 0 Å². The lowest BCUT2D eigenvalue weighted by Crippen LogP contribution is -2.58. The number of aliphatic hydroxyl groups excluding tert-OH is 2. The number of ether oxygens (including phenoxy) is 6. The number of phenolic OH excluding ortho intramolecular Hbond substituents is 3. The minimum absolute atomic E-state index is 0.00657. The summed E-state index contributed by atoms with van der Waals surface area (Å²) >= 11 is 0. The first-order valence-electron chi connectivity index (χ1n) is 19.2. The van der Waals surface area contributed by atoms with Crippen LogP contribution in [0.2, 0.25) is 0 Å². The van der Waals surface area contributed by atoms with Gasteiger partial charge in [0.1, 0.15) is 29.5 Å². The number of aliphatic hydroxyl groups is 3. The summed E-state index contributed by atoms with van der Waals surface area (Å²) in [6.07, 6.45) is -5.89. The Bertz CT molecular complexity index is 1790. The average Bonchev–Trinajstić information content (AvgIpc) is 3.12. The number of aromatic hydroxyl groups is 3. The molecule has 7 rings (SSSR count). The van der Waals surface area contributed by atoms with Crippen LogP contribution < -0.4 is 0 Å². The number of carbonyl (C=O) groups is 2. The maximum atomic E-state index is 13.8. The molecule has 3 aliphatic heterocycles. The molecule has 15 heteroatoms. The highest BCUT2D eigenvalue weighted by atomic mass is 16.7. The molecular formula is C40H53NO14. The van der Waals surface area contributed by atoms with Crippen LogP contribution in [0.15, 0.2) is 18.2 Å². The van der Waals surface area contributed by atoms with Crippen LogP contribution in [-0.2, 0) is 34.8 Å². The van der Waals surface area contributed by atoms with Gasteiger partial charge in [-0.05, 0) is 53.8 Å². The number of fused-ring (bicyclic) bond motifs is 3. The van der Waals surface area contributed by atoms with Gasteiger partial charge in [-0.3, -0.25) is 9.59 Å². The molecule has 0 saturated carbocycles. The summed E-state index contributed by atoms with van der Waals surface area (Å²) in [6, 6.07) is 3.77. The van der Waals surface area contributed by atoms with Gasteiger partial charge < -0.3 is 64.0 Å². The molecule has 5 aliphatic rings. The van der Waals surface area contributed by atoms with Gasteiger partial charge in [-0.1, -0.05) is 19.1 Å². The maximum absolute atomic E-state index is 13.8. The number of nitrogens with zero attached hydrogens (tertiary/aromatic N) is 1. The number of carbonyl (C=O) groups excluding carboxylic acids is 2. The molecule has 0 bridgehead atoms. The van der Waals surface area contributed by atoms with Gasteiger partial charge in [-0.2, -0.15) is 0 Å². The summed E-state index contributed by atoms with van der Waals surface area (Å²) in [5, 5.41) is 66.7. The quantitative estimate of drug-likeness (QED) is 0.182. The number of ketones is 2. The summed E-state index contributed by atoms with van der Waals surface area (Å²) in [6.45, 7) is 7.19. The van der Waals surface area contributed by atoms with Crippen molar-refractivity contribution in [2.45, 2.75) is 152 Å². The molecule has 2 aromatic rings. The fourth-order valence-electron chi connectivity index (χ4n) is 8.91. The third-order valence-electron chi connectivity index (χ3n) is 12.1. The van der Waals surface area contributed by atoms with E-state index >= 15 is 0 Å². The molecule has 6 N–H and O–H groups in total. The van der Waals surface area contributed by atoms with E-state index in [0.29, 0.717) is 12.8 Å². The van der Waals surface area contributed by atoms with Crippen molar-refractivity contribution in [2.75, 3.05) is 14.1 Å². The van der Waals surface area contributed by atoms with Gasteiger partial charge >= 0.3 is 0 Å². The van der Waals surface area contributed by atoms with Crippen molar-refractivity contribution in [3.05, 3.63) is 51.6 Å². The van der Waals surface area contributed by atoms with Crippen molar-refractivity contribution in [3.8, 4) is 17.2 Å². The molecule has 0 aromatic heterocycles. The molecule has 2 aromatic carbocycles. The van der Waals surface area contributed by atoms with Crippen LogP contribution in [0.3, 0.4) is 0 Å². The van der Waals surface area contributed by atoms with Crippen molar-refractivity contribution in [2.24, 2.45) is 0 Å². The molecule has 0 amide bonds. The highest BCUT2D eigenvalue weighted by Crippen LogP contribution is 2.53. The second-order valence-electron chi connectivity index (χ2n) is 16.0. The number of phenols is 3. The van der Waals surface area contributed by atoms with Crippen LogP contribution in [0.5, 0.6) is 17.2 Å². The zero-order valence-corrected chi connectivity index (χ0v) is 32.0. The number of hydrogen-bond donors (Lipinski definition) is 6. The third-order valence-corrected chi connectivity index (χ3v) is 12.1. The lowest BCUT2D eigenvalue weighted by atomic mass is 9.72. The Morgan fingerprint density at radius 2 is 1.42 bits per heavy atom. The van der Waals surface area contributed by atoms with E-state index in [4.69, 9.17) is 28.4 Å². The fraction of sp³-hybridized carbons (Fsp3) is 0.650. The number of hydrogen-bond acceptors (Lipinski definition) is 15. The van der Waals surface area contributed by atoms with Crippen LogP contribution in [0.25, 0.3) is 0 Å². The third kappa shape index (κ3) is 7.29. The van der Waals surface area contributed by atoms with Gasteiger partial charge in [0.2, 0.25) is 5.78 Å². The zero-order valence-electron chi connectivity index (χ0n) is 32.0. The van der Waals surface area contributed by atoms with Crippen molar-refractivity contribution >= 4 is 11.6 Å². The molecule has 3 heterocycles. The molecule has 11 unspecified atom stereocenters. The van der Waals surface area contributed by atoms with Gasteiger partial charge in [-0.25, -0.2) is 0 Å². The zero-order chi connectivity index (χ0) is 39.7. The molecule has 0 radical (unpaired) electrons. The molecule has 0 spiro atoms. The number of likely N-dealkylation sites (N-methyl/N-ethyl adjacent to an activating group) is 1. The second-order valence-corrected chi connectivity index (χ2v) is 16.0. The smallest absolute Gasteiger partial charge is 0.202 e. The molecule has 2 aliphatic carbocycles. The van der Waals surface area contributed by atoms with E-state index in [1.165, 1.54) is 18.2 Å². The Hall–Kier alpha value is -3.22. The monoisotopic (exact) mass is 771 g/mol. The lowest BCUT2D eigenvalue weighted by Gasteiger charge is -2.47. The van der Waals surface area contributed by atoms with E-state index in [-0.39, 0.29) is 72.1 Å². The first kappa shape index (κ1) is 40.0. The fourth-order valence-corrected chi connectivity index (χ4v) is 8.91. The van der Waals surface area contributed by atoms with E-state index in [9.17, 15) is 40.2 Å². The predicted octanol–water partition coefficient (Wildman–Crippen LogP) is 2.94. The average molecular weight is 772 g/mol. The summed E-state index contributed by atoms with van der Waals surface area (Å²) in [7, 11) is 3.78. The molecule has 302 valence electrons. The number of rotatable bonds is 8. The minimum atomic E-state index is -1.39. The topological polar surface area (TPSA) is 214 Å². The SMILES string of the molecule is CC[C@]1(O)Cc2c(O)c3c(c(O)c2[C@@H](OC2CC(N(C)C)C(OC4CC(O)C(OC5CCC(O)C(C)O5)C(C)O4)C(C)O2)C1)C(=O)c1c(O)cccc1C3=O.